The average Bonchev–Trinajstić information content (AvgIpc) is 3.29. The summed E-state index contributed by atoms with van der Waals surface area (Å²) in [6, 6.07) is 11.0. The van der Waals surface area contributed by atoms with Crippen LogP contribution in [0, 0.1) is 6.92 Å². The zero-order valence-electron chi connectivity index (χ0n) is 14.2. The maximum Gasteiger partial charge on any atom is 0.257 e. The van der Waals surface area contributed by atoms with Gasteiger partial charge in [-0.05, 0) is 37.6 Å². The Balaban J connectivity index is 1.44. The first-order chi connectivity index (χ1) is 12.7. The first-order valence-corrected chi connectivity index (χ1v) is 9.80. The Labute approximate surface area is 159 Å². The van der Waals surface area contributed by atoms with Crippen LogP contribution in [0.5, 0.6) is 5.75 Å². The van der Waals surface area contributed by atoms with Crippen molar-refractivity contribution in [2.24, 2.45) is 0 Å². The third kappa shape index (κ3) is 4.77. The number of nitrogens with one attached hydrogen (secondary N) is 1. The fourth-order valence-electron chi connectivity index (χ4n) is 2.36. The van der Waals surface area contributed by atoms with Crippen LogP contribution in [-0.2, 0) is 11.2 Å². The third-order valence-electron chi connectivity index (χ3n) is 3.63. The fraction of sp³-hybridized carbons (Fsp3) is 0.211. The number of carbonyl (C=O) groups is 2. The van der Waals surface area contributed by atoms with E-state index in [2.05, 4.69) is 27.8 Å². The lowest BCUT2D eigenvalue weighted by molar-refractivity contribution is -0.123. The van der Waals surface area contributed by atoms with Gasteiger partial charge in [0.15, 0.2) is 12.9 Å². The summed E-state index contributed by atoms with van der Waals surface area (Å²) in [6.07, 6.45) is 1.47. The van der Waals surface area contributed by atoms with Crippen LogP contribution < -0.4 is 10.1 Å². The molecule has 0 atom stereocenters. The molecule has 0 fully saturated rings. The van der Waals surface area contributed by atoms with E-state index in [4.69, 9.17) is 4.74 Å². The Morgan fingerprint density at radius 3 is 2.88 bits per heavy atom. The van der Waals surface area contributed by atoms with Gasteiger partial charge in [-0.25, -0.2) is 4.98 Å². The number of rotatable bonds is 8. The van der Waals surface area contributed by atoms with Crippen molar-refractivity contribution in [3.8, 4) is 16.3 Å². The van der Waals surface area contributed by atoms with Gasteiger partial charge in [0.05, 0.1) is 21.1 Å². The summed E-state index contributed by atoms with van der Waals surface area (Å²) in [7, 11) is 0. The standard InChI is InChI=1S/C19H18N2O3S2/c1-13-21-16(12-25-13)18-7-6-15(26-18)8-9-20-19(23)11-24-17-5-3-2-4-14(17)10-22/h2-7,10,12H,8-9,11H2,1H3,(H,20,23). The molecule has 0 saturated carbocycles. The van der Waals surface area contributed by atoms with Crippen molar-refractivity contribution in [3.63, 3.8) is 0 Å². The Kier molecular flexibility index (Phi) is 6.14. The summed E-state index contributed by atoms with van der Waals surface area (Å²) >= 11 is 3.33. The van der Waals surface area contributed by atoms with Gasteiger partial charge in [-0.2, -0.15) is 0 Å². The molecule has 1 aromatic carbocycles. The maximum atomic E-state index is 11.9. The molecule has 0 aliphatic carbocycles. The minimum absolute atomic E-state index is 0.112. The highest BCUT2D eigenvalue weighted by Gasteiger charge is 2.08. The van der Waals surface area contributed by atoms with Gasteiger partial charge >= 0.3 is 0 Å². The smallest absolute Gasteiger partial charge is 0.257 e. The first-order valence-electron chi connectivity index (χ1n) is 8.10. The molecule has 0 aliphatic heterocycles. The van der Waals surface area contributed by atoms with E-state index in [1.165, 1.54) is 4.88 Å². The minimum Gasteiger partial charge on any atom is -0.483 e. The van der Waals surface area contributed by atoms with Gasteiger partial charge in [0, 0.05) is 16.8 Å². The SMILES string of the molecule is Cc1nc(-c2ccc(CCNC(=O)COc3ccccc3C=O)s2)cs1. The number of aromatic nitrogens is 1. The number of aryl methyl sites for hydroxylation is 1. The Morgan fingerprint density at radius 1 is 1.27 bits per heavy atom. The van der Waals surface area contributed by atoms with E-state index < -0.39 is 0 Å². The van der Waals surface area contributed by atoms with Crippen molar-refractivity contribution in [1.82, 2.24) is 10.3 Å². The highest BCUT2D eigenvalue weighted by molar-refractivity contribution is 7.16. The van der Waals surface area contributed by atoms with E-state index >= 15 is 0 Å². The average molecular weight is 386 g/mol. The molecule has 0 radical (unpaired) electrons. The number of benzene rings is 1. The molecule has 1 N–H and O–H groups in total. The van der Waals surface area contributed by atoms with Gasteiger partial charge in [0.25, 0.3) is 5.91 Å². The van der Waals surface area contributed by atoms with Gasteiger partial charge in [-0.15, -0.1) is 22.7 Å². The van der Waals surface area contributed by atoms with Crippen molar-refractivity contribution in [2.45, 2.75) is 13.3 Å². The van der Waals surface area contributed by atoms with E-state index in [1.54, 1.807) is 46.9 Å². The van der Waals surface area contributed by atoms with Gasteiger partial charge < -0.3 is 10.1 Å². The third-order valence-corrected chi connectivity index (χ3v) is 5.57. The molecular weight excluding hydrogens is 368 g/mol. The Morgan fingerprint density at radius 2 is 2.12 bits per heavy atom. The number of ether oxygens (including phenoxy) is 1. The highest BCUT2D eigenvalue weighted by atomic mass is 32.1. The fourth-order valence-corrected chi connectivity index (χ4v) is 4.01. The van der Waals surface area contributed by atoms with Gasteiger partial charge in [0.2, 0.25) is 0 Å². The van der Waals surface area contributed by atoms with Crippen LogP contribution >= 0.6 is 22.7 Å². The van der Waals surface area contributed by atoms with Crippen molar-refractivity contribution in [2.75, 3.05) is 13.2 Å². The number of hydrogen-bond donors (Lipinski definition) is 1. The largest absolute Gasteiger partial charge is 0.483 e. The molecule has 134 valence electrons. The van der Waals surface area contributed by atoms with Gasteiger partial charge in [-0.3, -0.25) is 9.59 Å². The molecule has 26 heavy (non-hydrogen) atoms. The molecule has 0 saturated heterocycles. The van der Waals surface area contributed by atoms with Crippen LogP contribution in [0.3, 0.4) is 0 Å². The predicted molar refractivity (Wildman–Crippen MR) is 104 cm³/mol. The molecule has 3 aromatic rings. The van der Waals surface area contributed by atoms with Crippen LogP contribution in [0.4, 0.5) is 0 Å². The number of thiazole rings is 1. The van der Waals surface area contributed by atoms with E-state index in [-0.39, 0.29) is 12.5 Å². The Bertz CT molecular complexity index is 902. The number of amides is 1. The first kappa shape index (κ1) is 18.3. The van der Waals surface area contributed by atoms with Gasteiger partial charge in [-0.1, -0.05) is 12.1 Å². The van der Waals surface area contributed by atoms with Crippen molar-refractivity contribution in [1.29, 1.82) is 0 Å². The van der Waals surface area contributed by atoms with E-state index in [9.17, 15) is 9.59 Å². The summed E-state index contributed by atoms with van der Waals surface area (Å²) in [4.78, 5) is 29.7. The molecule has 0 aliphatic rings. The number of nitrogens with zero attached hydrogens (tertiary/aromatic N) is 1. The number of carbonyl (C=O) groups excluding carboxylic acids is 2. The number of thiophene rings is 1. The van der Waals surface area contributed by atoms with Crippen LogP contribution in [0.15, 0.2) is 41.8 Å². The lowest BCUT2D eigenvalue weighted by Gasteiger charge is -2.08. The van der Waals surface area contributed by atoms with Crippen molar-refractivity contribution < 1.29 is 14.3 Å². The van der Waals surface area contributed by atoms with Gasteiger partial charge in [0.1, 0.15) is 5.75 Å². The quantitative estimate of drug-likeness (QED) is 0.599. The summed E-state index contributed by atoms with van der Waals surface area (Å²) in [6.45, 7) is 2.42. The summed E-state index contributed by atoms with van der Waals surface area (Å²) in [5.41, 5.74) is 1.44. The zero-order valence-corrected chi connectivity index (χ0v) is 15.9. The zero-order chi connectivity index (χ0) is 18.4. The van der Waals surface area contributed by atoms with Crippen LogP contribution in [-0.4, -0.2) is 30.3 Å². The minimum atomic E-state index is -0.211. The molecule has 3 rings (SSSR count). The van der Waals surface area contributed by atoms with Crippen LogP contribution in [0.1, 0.15) is 20.2 Å². The van der Waals surface area contributed by atoms with Crippen molar-refractivity contribution in [3.05, 3.63) is 57.2 Å². The summed E-state index contributed by atoms with van der Waals surface area (Å²) in [5, 5.41) is 5.94. The second kappa shape index (κ2) is 8.73. The summed E-state index contributed by atoms with van der Waals surface area (Å²) < 4.78 is 5.41. The number of aldehydes is 1. The number of hydrogen-bond acceptors (Lipinski definition) is 6. The second-order valence-corrected chi connectivity index (χ2v) is 7.79. The van der Waals surface area contributed by atoms with Crippen LogP contribution in [0.2, 0.25) is 0 Å². The Hall–Kier alpha value is -2.51. The van der Waals surface area contributed by atoms with E-state index in [0.717, 1.165) is 22.0 Å². The lowest BCUT2D eigenvalue weighted by atomic mass is 10.2. The summed E-state index contributed by atoms with van der Waals surface area (Å²) in [5.74, 6) is 0.205. The monoisotopic (exact) mass is 386 g/mol. The molecule has 2 aromatic heterocycles. The maximum absolute atomic E-state index is 11.9. The molecular formula is C19H18N2O3S2. The number of para-hydroxylation sites is 1. The molecule has 7 heteroatoms. The second-order valence-electron chi connectivity index (χ2n) is 5.56. The highest BCUT2D eigenvalue weighted by Crippen LogP contribution is 2.29. The molecule has 1 amide bonds. The van der Waals surface area contributed by atoms with E-state index in [0.29, 0.717) is 24.1 Å². The molecule has 0 spiro atoms. The molecule has 5 nitrogen and oxygen atoms in total. The molecule has 0 unspecified atom stereocenters. The molecule has 2 heterocycles. The normalized spacial score (nSPS) is 10.5. The molecule has 0 bridgehead atoms. The predicted octanol–water partition coefficient (Wildman–Crippen LogP) is 3.73. The lowest BCUT2D eigenvalue weighted by Crippen LogP contribution is -2.30. The topological polar surface area (TPSA) is 68.3 Å². The van der Waals surface area contributed by atoms with E-state index in [1.807, 2.05) is 6.92 Å². The van der Waals surface area contributed by atoms with Crippen molar-refractivity contribution >= 4 is 34.9 Å². The van der Waals surface area contributed by atoms with Crippen LogP contribution in [0.25, 0.3) is 10.6 Å².